The molecule has 2 aliphatic rings. The summed E-state index contributed by atoms with van der Waals surface area (Å²) in [6.45, 7) is 3.76. The number of amides is 1. The lowest BCUT2D eigenvalue weighted by Gasteiger charge is -2.33. The highest BCUT2D eigenvalue weighted by molar-refractivity contribution is 5.67. The lowest BCUT2D eigenvalue weighted by molar-refractivity contribution is 0.0894. The molecule has 104 valence electrons. The molecule has 2 rings (SSSR count). The third-order valence-electron chi connectivity index (χ3n) is 3.95. The summed E-state index contributed by atoms with van der Waals surface area (Å²) >= 11 is 0. The number of carbonyl (C=O) groups is 1. The van der Waals surface area contributed by atoms with Crippen molar-refractivity contribution < 1.29 is 14.6 Å². The van der Waals surface area contributed by atoms with Gasteiger partial charge in [-0.25, -0.2) is 4.79 Å². The first-order valence-corrected chi connectivity index (χ1v) is 7.06. The molecule has 1 aliphatic heterocycles. The summed E-state index contributed by atoms with van der Waals surface area (Å²) in [7, 11) is 0. The Hall–Kier alpha value is -0.810. The van der Waals surface area contributed by atoms with E-state index in [-0.39, 0.29) is 18.2 Å². The monoisotopic (exact) mass is 256 g/mol. The second-order valence-electron chi connectivity index (χ2n) is 5.23. The Balaban J connectivity index is 1.71. The predicted octanol–water partition coefficient (Wildman–Crippen LogP) is 1.11. The maximum Gasteiger partial charge on any atom is 0.409 e. The first kappa shape index (κ1) is 13.6. The Morgan fingerprint density at radius 3 is 2.61 bits per heavy atom. The molecule has 0 spiro atoms. The van der Waals surface area contributed by atoms with Gasteiger partial charge in [0.25, 0.3) is 0 Å². The molecule has 0 radical (unpaired) electrons. The molecule has 0 aromatic heterocycles. The van der Waals surface area contributed by atoms with E-state index in [0.717, 1.165) is 45.2 Å². The Kier molecular flexibility index (Phi) is 4.83. The van der Waals surface area contributed by atoms with E-state index in [9.17, 15) is 9.90 Å². The van der Waals surface area contributed by atoms with Crippen LogP contribution < -0.4 is 5.32 Å². The lowest BCUT2D eigenvalue weighted by atomic mass is 10.0. The quantitative estimate of drug-likeness (QED) is 0.794. The van der Waals surface area contributed by atoms with Crippen LogP contribution in [0.5, 0.6) is 0 Å². The minimum Gasteiger partial charge on any atom is -0.450 e. The van der Waals surface area contributed by atoms with Crippen LogP contribution in [0.15, 0.2) is 0 Å². The van der Waals surface area contributed by atoms with Crippen LogP contribution in [0.2, 0.25) is 0 Å². The second kappa shape index (κ2) is 6.38. The Labute approximate surface area is 108 Å². The summed E-state index contributed by atoms with van der Waals surface area (Å²) in [5.41, 5.74) is 0. The number of carbonyl (C=O) groups excluding carboxylic acids is 1. The number of nitrogens with one attached hydrogen (secondary N) is 1. The highest BCUT2D eigenvalue weighted by Crippen LogP contribution is 2.21. The van der Waals surface area contributed by atoms with E-state index < -0.39 is 0 Å². The number of aliphatic hydroxyl groups excluding tert-OH is 1. The summed E-state index contributed by atoms with van der Waals surface area (Å²) in [6, 6.07) is 0.678. The first-order valence-electron chi connectivity index (χ1n) is 7.06. The van der Waals surface area contributed by atoms with Crippen LogP contribution in [0.4, 0.5) is 4.79 Å². The van der Waals surface area contributed by atoms with Gasteiger partial charge >= 0.3 is 6.09 Å². The van der Waals surface area contributed by atoms with Crippen molar-refractivity contribution in [2.45, 2.75) is 57.2 Å². The normalized spacial score (nSPS) is 29.6. The molecule has 5 heteroatoms. The molecular weight excluding hydrogens is 232 g/mol. The fourth-order valence-corrected chi connectivity index (χ4v) is 2.88. The zero-order valence-corrected chi connectivity index (χ0v) is 11.1. The van der Waals surface area contributed by atoms with Crippen molar-refractivity contribution >= 4 is 6.09 Å². The molecule has 2 atom stereocenters. The molecule has 0 aromatic carbocycles. The average molecular weight is 256 g/mol. The lowest BCUT2D eigenvalue weighted by Crippen LogP contribution is -2.49. The van der Waals surface area contributed by atoms with Crippen LogP contribution in [-0.2, 0) is 4.74 Å². The SMILES string of the molecule is CCOC(=O)N1CCC(N[C@@H]2CCC[C@H]2O)CC1. The van der Waals surface area contributed by atoms with Crippen LogP contribution in [-0.4, -0.2) is 54.0 Å². The smallest absolute Gasteiger partial charge is 0.409 e. The van der Waals surface area contributed by atoms with Gasteiger partial charge in [0.2, 0.25) is 0 Å². The van der Waals surface area contributed by atoms with Gasteiger partial charge in [-0.2, -0.15) is 0 Å². The third kappa shape index (κ3) is 3.36. The highest BCUT2D eigenvalue weighted by Gasteiger charge is 2.29. The summed E-state index contributed by atoms with van der Waals surface area (Å²) in [5.74, 6) is 0. The minimum absolute atomic E-state index is 0.187. The number of hydrogen-bond donors (Lipinski definition) is 2. The number of ether oxygens (including phenoxy) is 1. The van der Waals surface area contributed by atoms with Crippen molar-refractivity contribution in [1.29, 1.82) is 0 Å². The van der Waals surface area contributed by atoms with Crippen molar-refractivity contribution in [3.05, 3.63) is 0 Å². The van der Waals surface area contributed by atoms with Gasteiger partial charge in [0.05, 0.1) is 12.7 Å². The van der Waals surface area contributed by atoms with Crippen molar-refractivity contribution in [3.63, 3.8) is 0 Å². The molecule has 0 aromatic rings. The molecule has 1 amide bonds. The number of piperidine rings is 1. The van der Waals surface area contributed by atoms with Crippen LogP contribution in [0.25, 0.3) is 0 Å². The van der Waals surface area contributed by atoms with Crippen LogP contribution >= 0.6 is 0 Å². The van der Waals surface area contributed by atoms with E-state index in [1.54, 1.807) is 4.90 Å². The van der Waals surface area contributed by atoms with Gasteiger partial charge < -0.3 is 20.1 Å². The van der Waals surface area contributed by atoms with Crippen molar-refractivity contribution in [1.82, 2.24) is 10.2 Å². The first-order chi connectivity index (χ1) is 8.70. The molecule has 18 heavy (non-hydrogen) atoms. The van der Waals surface area contributed by atoms with Crippen LogP contribution in [0.3, 0.4) is 0 Å². The van der Waals surface area contributed by atoms with E-state index in [1.165, 1.54) is 0 Å². The van der Waals surface area contributed by atoms with Gasteiger partial charge in [-0.3, -0.25) is 0 Å². The maximum absolute atomic E-state index is 11.5. The summed E-state index contributed by atoms with van der Waals surface area (Å²) in [5, 5.41) is 13.3. The average Bonchev–Trinajstić information content (AvgIpc) is 2.76. The van der Waals surface area contributed by atoms with Gasteiger partial charge in [-0.15, -0.1) is 0 Å². The molecule has 0 bridgehead atoms. The van der Waals surface area contributed by atoms with Crippen LogP contribution in [0, 0.1) is 0 Å². The van der Waals surface area contributed by atoms with Gasteiger partial charge in [0.1, 0.15) is 0 Å². The van der Waals surface area contributed by atoms with E-state index in [1.807, 2.05) is 6.92 Å². The Morgan fingerprint density at radius 1 is 1.33 bits per heavy atom. The molecule has 5 nitrogen and oxygen atoms in total. The van der Waals surface area contributed by atoms with E-state index in [0.29, 0.717) is 12.6 Å². The fraction of sp³-hybridized carbons (Fsp3) is 0.923. The zero-order valence-electron chi connectivity index (χ0n) is 11.1. The predicted molar refractivity (Wildman–Crippen MR) is 68.4 cm³/mol. The Morgan fingerprint density at radius 2 is 2.06 bits per heavy atom. The van der Waals surface area contributed by atoms with Gasteiger partial charge in [-0.1, -0.05) is 0 Å². The zero-order chi connectivity index (χ0) is 13.0. The number of rotatable bonds is 3. The highest BCUT2D eigenvalue weighted by atomic mass is 16.6. The molecule has 1 saturated carbocycles. The molecule has 2 fully saturated rings. The van der Waals surface area contributed by atoms with E-state index in [2.05, 4.69) is 5.32 Å². The Bertz CT molecular complexity index is 277. The number of nitrogens with zero attached hydrogens (tertiary/aromatic N) is 1. The topological polar surface area (TPSA) is 61.8 Å². The summed E-state index contributed by atoms with van der Waals surface area (Å²) in [6.07, 6.45) is 4.60. The molecule has 1 aliphatic carbocycles. The van der Waals surface area contributed by atoms with Crippen molar-refractivity contribution in [2.24, 2.45) is 0 Å². The van der Waals surface area contributed by atoms with Gasteiger partial charge in [0.15, 0.2) is 0 Å². The number of aliphatic hydroxyl groups is 1. The van der Waals surface area contributed by atoms with Gasteiger partial charge in [-0.05, 0) is 39.0 Å². The van der Waals surface area contributed by atoms with Crippen LogP contribution in [0.1, 0.15) is 39.0 Å². The molecular formula is C13H24N2O3. The summed E-state index contributed by atoms with van der Waals surface area (Å²) < 4.78 is 4.99. The minimum atomic E-state index is -0.197. The van der Waals surface area contributed by atoms with E-state index in [4.69, 9.17) is 4.74 Å². The van der Waals surface area contributed by atoms with E-state index >= 15 is 0 Å². The standard InChI is InChI=1S/C13H24N2O3/c1-2-18-13(17)15-8-6-10(7-9-15)14-11-4-3-5-12(11)16/h10-12,14,16H,2-9H2,1H3/t11-,12-/m1/s1. The molecule has 1 saturated heterocycles. The largest absolute Gasteiger partial charge is 0.450 e. The van der Waals surface area contributed by atoms with Crippen molar-refractivity contribution in [3.8, 4) is 0 Å². The fourth-order valence-electron chi connectivity index (χ4n) is 2.88. The molecule has 0 unspecified atom stereocenters. The maximum atomic E-state index is 11.5. The number of hydrogen-bond acceptors (Lipinski definition) is 4. The third-order valence-corrected chi connectivity index (χ3v) is 3.95. The molecule has 1 heterocycles. The van der Waals surface area contributed by atoms with Crippen molar-refractivity contribution in [2.75, 3.05) is 19.7 Å². The summed E-state index contributed by atoms with van der Waals surface area (Å²) in [4.78, 5) is 13.3. The molecule has 2 N–H and O–H groups in total. The van der Waals surface area contributed by atoms with Gasteiger partial charge in [0, 0.05) is 25.2 Å². The second-order valence-corrected chi connectivity index (χ2v) is 5.23. The number of likely N-dealkylation sites (tertiary alicyclic amines) is 1.